The van der Waals surface area contributed by atoms with Crippen LogP contribution in [-0.2, 0) is 17.4 Å². The number of alkyl halides is 3. The molecule has 0 atom stereocenters. The zero-order chi connectivity index (χ0) is 24.2. The van der Waals surface area contributed by atoms with Crippen LogP contribution in [0.3, 0.4) is 0 Å². The van der Waals surface area contributed by atoms with Gasteiger partial charge < -0.3 is 20.4 Å². The van der Waals surface area contributed by atoms with Crippen LogP contribution in [0.2, 0.25) is 0 Å². The third-order valence-corrected chi connectivity index (χ3v) is 6.44. The van der Waals surface area contributed by atoms with Crippen molar-refractivity contribution in [2.45, 2.75) is 31.4 Å². The van der Waals surface area contributed by atoms with Gasteiger partial charge in [-0.2, -0.15) is 13.2 Å². The van der Waals surface area contributed by atoms with Crippen LogP contribution in [0.15, 0.2) is 36.4 Å². The number of phenolic OH excluding ortho intramolecular Hbond substituents is 2. The fourth-order valence-corrected chi connectivity index (χ4v) is 4.74. The number of hydrogen-bond donors (Lipinski definition) is 3. The molecule has 3 heterocycles. The first-order chi connectivity index (χ1) is 16.1. The molecule has 34 heavy (non-hydrogen) atoms. The maximum absolute atomic E-state index is 13.4. The molecule has 0 radical (unpaired) electrons. The minimum atomic E-state index is -4.64. The fourth-order valence-electron chi connectivity index (χ4n) is 4.74. The second-order valence-corrected chi connectivity index (χ2v) is 8.61. The number of nitrogens with one attached hydrogen (secondary N) is 1. The number of anilines is 1. The minimum Gasteiger partial charge on any atom is -0.508 e. The number of aromatic nitrogens is 1. The summed E-state index contributed by atoms with van der Waals surface area (Å²) >= 11 is 0. The van der Waals surface area contributed by atoms with E-state index >= 15 is 0 Å². The number of rotatable bonds is 2. The Morgan fingerprint density at radius 3 is 2.50 bits per heavy atom. The molecule has 2 amide bonds. The summed E-state index contributed by atoms with van der Waals surface area (Å²) in [6.45, 7) is 0.557. The number of phenols is 2. The summed E-state index contributed by atoms with van der Waals surface area (Å²) in [5.74, 6) is -1.25. The van der Waals surface area contributed by atoms with Crippen LogP contribution in [0.1, 0.15) is 45.9 Å². The highest BCUT2D eigenvalue weighted by molar-refractivity contribution is 6.02. The number of piperidine rings is 1. The van der Waals surface area contributed by atoms with E-state index in [-0.39, 0.29) is 48.3 Å². The van der Waals surface area contributed by atoms with Gasteiger partial charge in [0.05, 0.1) is 12.0 Å². The monoisotopic (exact) mass is 471 g/mol. The molecule has 1 aromatic heterocycles. The van der Waals surface area contributed by atoms with Gasteiger partial charge in [-0.3, -0.25) is 9.59 Å². The maximum Gasteiger partial charge on any atom is 0.433 e. The van der Waals surface area contributed by atoms with Crippen molar-refractivity contribution in [2.24, 2.45) is 0 Å². The van der Waals surface area contributed by atoms with Gasteiger partial charge in [-0.15, -0.1) is 0 Å². The molecule has 0 aliphatic carbocycles. The van der Waals surface area contributed by atoms with E-state index in [0.717, 1.165) is 6.07 Å². The Kier molecular flexibility index (Phi) is 5.11. The molecule has 2 aromatic carbocycles. The third-order valence-electron chi connectivity index (χ3n) is 6.44. The Morgan fingerprint density at radius 1 is 1.06 bits per heavy atom. The van der Waals surface area contributed by atoms with Crippen LogP contribution < -0.4 is 5.32 Å². The minimum absolute atomic E-state index is 0.0211. The summed E-state index contributed by atoms with van der Waals surface area (Å²) in [5, 5.41) is 23.8. The highest BCUT2D eigenvalue weighted by atomic mass is 19.4. The van der Waals surface area contributed by atoms with Gasteiger partial charge in [0, 0.05) is 18.7 Å². The lowest BCUT2D eigenvalue weighted by molar-refractivity contribution is -0.141. The fraction of sp³-hybridized carbons (Fsp3) is 0.292. The normalized spacial score (nSPS) is 16.6. The second kappa shape index (κ2) is 7.89. The van der Waals surface area contributed by atoms with E-state index in [1.165, 1.54) is 24.3 Å². The zero-order valence-electron chi connectivity index (χ0n) is 17.8. The molecule has 0 spiro atoms. The molecule has 1 fully saturated rings. The first-order valence-electron chi connectivity index (χ1n) is 10.8. The van der Waals surface area contributed by atoms with Crippen LogP contribution in [0.25, 0.3) is 10.8 Å². The highest BCUT2D eigenvalue weighted by Gasteiger charge is 2.38. The van der Waals surface area contributed by atoms with E-state index in [1.54, 1.807) is 11.0 Å². The van der Waals surface area contributed by atoms with Gasteiger partial charge in [0.1, 0.15) is 23.0 Å². The summed E-state index contributed by atoms with van der Waals surface area (Å²) < 4.78 is 40.1. The molecule has 5 rings (SSSR count). The molecular weight excluding hydrogens is 451 g/mol. The molecule has 2 aliphatic heterocycles. The molecule has 0 unspecified atom stereocenters. The molecule has 176 valence electrons. The maximum atomic E-state index is 13.4. The third kappa shape index (κ3) is 3.89. The van der Waals surface area contributed by atoms with Crippen molar-refractivity contribution in [2.75, 3.05) is 18.4 Å². The van der Waals surface area contributed by atoms with Gasteiger partial charge in [-0.1, -0.05) is 6.07 Å². The first-order valence-corrected chi connectivity index (χ1v) is 10.8. The van der Waals surface area contributed by atoms with Crippen molar-refractivity contribution >= 4 is 28.4 Å². The van der Waals surface area contributed by atoms with Crippen molar-refractivity contribution in [3.63, 3.8) is 0 Å². The number of amides is 2. The molecule has 10 heteroatoms. The van der Waals surface area contributed by atoms with Crippen molar-refractivity contribution in [3.05, 3.63) is 58.8 Å². The number of fused-ring (bicyclic) bond motifs is 2. The predicted molar refractivity (Wildman–Crippen MR) is 117 cm³/mol. The Morgan fingerprint density at radius 2 is 1.79 bits per heavy atom. The van der Waals surface area contributed by atoms with Crippen molar-refractivity contribution in [3.8, 4) is 11.5 Å². The number of nitrogens with zero attached hydrogens (tertiary/aromatic N) is 2. The van der Waals surface area contributed by atoms with E-state index in [2.05, 4.69) is 10.3 Å². The van der Waals surface area contributed by atoms with E-state index in [0.29, 0.717) is 34.7 Å². The lowest BCUT2D eigenvalue weighted by atomic mass is 9.86. The highest BCUT2D eigenvalue weighted by Crippen LogP contribution is 2.40. The van der Waals surface area contributed by atoms with Gasteiger partial charge in [0.15, 0.2) is 0 Å². The number of likely N-dealkylation sites (tertiary alicyclic amines) is 1. The van der Waals surface area contributed by atoms with Crippen LogP contribution >= 0.6 is 0 Å². The van der Waals surface area contributed by atoms with E-state index in [4.69, 9.17) is 0 Å². The SMILES string of the molecule is O=C1Cc2c(C3CCN(C(=O)c4cc5cc(O)ccc5cc4O)CC3)cc(C(F)(F)F)nc2N1. The Balaban J connectivity index is 1.38. The van der Waals surface area contributed by atoms with Gasteiger partial charge in [0.2, 0.25) is 5.91 Å². The lowest BCUT2D eigenvalue weighted by Gasteiger charge is -2.33. The topological polar surface area (TPSA) is 103 Å². The molecule has 1 saturated heterocycles. The summed E-state index contributed by atoms with van der Waals surface area (Å²) in [6, 6.07) is 8.60. The lowest BCUT2D eigenvalue weighted by Crippen LogP contribution is -2.38. The molecule has 3 aromatic rings. The number of hydrogen-bond acceptors (Lipinski definition) is 5. The number of carbonyl (C=O) groups excluding carboxylic acids is 2. The van der Waals surface area contributed by atoms with E-state index in [9.17, 15) is 33.0 Å². The second-order valence-electron chi connectivity index (χ2n) is 8.61. The van der Waals surface area contributed by atoms with Gasteiger partial charge >= 0.3 is 6.18 Å². The Labute approximate surface area is 191 Å². The zero-order valence-corrected chi connectivity index (χ0v) is 17.8. The first kappa shape index (κ1) is 22.0. The van der Waals surface area contributed by atoms with Crippen LogP contribution in [0.4, 0.5) is 19.0 Å². The Hall–Kier alpha value is -3.82. The van der Waals surface area contributed by atoms with Crippen molar-refractivity contribution in [1.82, 2.24) is 9.88 Å². The number of carbonyl (C=O) groups is 2. The molecule has 2 aliphatic rings. The van der Waals surface area contributed by atoms with Gasteiger partial charge in [0.25, 0.3) is 5.91 Å². The van der Waals surface area contributed by atoms with E-state index < -0.39 is 23.7 Å². The average molecular weight is 471 g/mol. The summed E-state index contributed by atoms with van der Waals surface area (Å²) in [6.07, 6.45) is -3.85. The van der Waals surface area contributed by atoms with Crippen LogP contribution in [0.5, 0.6) is 11.5 Å². The molecule has 0 saturated carbocycles. The standard InChI is InChI=1S/C24H20F3N3O4/c25-24(26,27)20-10-16(17-11-21(33)29-22(17)28-20)12-3-5-30(6-4-12)23(34)18-8-14-7-15(31)2-1-13(14)9-19(18)32/h1-2,7-10,12,31-32H,3-6,11H2,(H,28,29,33). The molecule has 3 N–H and O–H groups in total. The number of aromatic hydroxyl groups is 2. The number of halogens is 3. The summed E-state index contributed by atoms with van der Waals surface area (Å²) in [5.41, 5.74) is -0.0386. The van der Waals surface area contributed by atoms with Crippen molar-refractivity contribution in [1.29, 1.82) is 0 Å². The largest absolute Gasteiger partial charge is 0.508 e. The van der Waals surface area contributed by atoms with Crippen molar-refractivity contribution < 1.29 is 33.0 Å². The molecular formula is C24H20F3N3O4. The predicted octanol–water partition coefficient (Wildman–Crippen LogP) is 4.18. The van der Waals surface area contributed by atoms with Gasteiger partial charge in [-0.25, -0.2) is 4.98 Å². The van der Waals surface area contributed by atoms with Gasteiger partial charge in [-0.05, 0) is 65.4 Å². The summed E-state index contributed by atoms with van der Waals surface area (Å²) in [4.78, 5) is 30.1. The average Bonchev–Trinajstić information content (AvgIpc) is 3.17. The quantitative estimate of drug-likeness (QED) is 0.521. The smallest absolute Gasteiger partial charge is 0.433 e. The number of benzene rings is 2. The molecule has 0 bridgehead atoms. The summed E-state index contributed by atoms with van der Waals surface area (Å²) in [7, 11) is 0. The van der Waals surface area contributed by atoms with E-state index in [1.807, 2.05) is 0 Å². The number of pyridine rings is 1. The Bertz CT molecular complexity index is 1330. The van der Waals surface area contributed by atoms with Crippen LogP contribution in [-0.4, -0.2) is 45.0 Å². The van der Waals surface area contributed by atoms with Crippen LogP contribution in [0, 0.1) is 0 Å². The molecule has 7 nitrogen and oxygen atoms in total.